The maximum atomic E-state index is 14.0. The Morgan fingerprint density at radius 1 is 1.14 bits per heavy atom. The van der Waals surface area contributed by atoms with E-state index in [-0.39, 0.29) is 38.8 Å². The maximum absolute atomic E-state index is 14.0. The van der Waals surface area contributed by atoms with Gasteiger partial charge in [-0.1, -0.05) is 0 Å². The van der Waals surface area contributed by atoms with E-state index in [4.69, 9.17) is 22.1 Å². The van der Waals surface area contributed by atoms with Crippen LogP contribution < -0.4 is 20.1 Å². The number of nitrogens with one attached hydrogen (secondary N) is 1. The minimum atomic E-state index is -3.53. The number of carbonyl (C=O) groups excluding carboxylic acids is 2. The number of halogens is 2. The Bertz CT molecular complexity index is 1350. The quantitative estimate of drug-likeness (QED) is 0.277. The zero-order valence-electron chi connectivity index (χ0n) is 18.5. The van der Waals surface area contributed by atoms with E-state index in [1.165, 1.54) is 42.6 Å². The molecule has 0 saturated carbocycles. The fourth-order valence-electron chi connectivity index (χ4n) is 2.94. The van der Waals surface area contributed by atoms with Crippen LogP contribution in [0.5, 0.6) is 5.75 Å². The third-order valence-corrected chi connectivity index (χ3v) is 8.53. The number of amides is 1. The van der Waals surface area contributed by atoms with Crippen molar-refractivity contribution in [2.24, 2.45) is 5.73 Å². The SMILES string of the molecule is CS(=O)(=O)c1ccc(C(=O)[AsH]c2ccc(F)cc2C(=O)Nc2ccc(Cl)cn2)c(OCCCN)c1. The average Bonchev–Trinajstić information content (AvgIpc) is 2.81. The topological polar surface area (TPSA) is 128 Å². The molecule has 0 aliphatic carbocycles. The molecular formula is C23H22AsClFN3O5S. The van der Waals surface area contributed by atoms with Crippen LogP contribution in [0.4, 0.5) is 10.2 Å². The van der Waals surface area contributed by atoms with Crippen LogP contribution in [-0.2, 0) is 9.84 Å². The third-order valence-electron chi connectivity index (χ3n) is 4.68. The molecule has 0 spiro atoms. The van der Waals surface area contributed by atoms with Crippen LogP contribution in [0.1, 0.15) is 27.1 Å². The molecule has 1 aromatic heterocycles. The van der Waals surface area contributed by atoms with Gasteiger partial charge < -0.3 is 0 Å². The second kappa shape index (κ2) is 11.8. The first-order chi connectivity index (χ1) is 16.6. The fourth-order valence-corrected chi connectivity index (χ4v) is 5.94. The summed E-state index contributed by atoms with van der Waals surface area (Å²) in [5, 5.41) is 2.95. The predicted molar refractivity (Wildman–Crippen MR) is 133 cm³/mol. The zero-order valence-corrected chi connectivity index (χ0v) is 22.2. The molecule has 0 bridgehead atoms. The number of rotatable bonds is 10. The summed E-state index contributed by atoms with van der Waals surface area (Å²) in [6.45, 7) is 0.557. The van der Waals surface area contributed by atoms with E-state index in [9.17, 15) is 22.4 Å². The molecule has 3 aromatic rings. The summed E-state index contributed by atoms with van der Waals surface area (Å²) in [6.07, 6.45) is 2.92. The Morgan fingerprint density at radius 2 is 1.91 bits per heavy atom. The zero-order chi connectivity index (χ0) is 25.6. The standard InChI is InChI=1S/C23H22AsClFN3O5S/c1-35(32,33)16-5-6-17(20(12-16)34-10-2-9-27)22(30)24-19-7-4-15(26)11-18(19)23(31)29-21-8-3-14(25)13-28-21/h3-8,11-13,24H,2,9-10,27H2,1H3,(H,28,29,31). The summed E-state index contributed by atoms with van der Waals surface area (Å²) < 4.78 is 43.6. The first kappa shape index (κ1) is 26.8. The van der Waals surface area contributed by atoms with Crippen molar-refractivity contribution in [1.82, 2.24) is 4.98 Å². The van der Waals surface area contributed by atoms with Crippen LogP contribution in [-0.4, -0.2) is 59.0 Å². The molecule has 3 N–H and O–H groups in total. The second-order valence-electron chi connectivity index (χ2n) is 7.38. The molecule has 1 amide bonds. The summed E-state index contributed by atoms with van der Waals surface area (Å²) in [7, 11) is -3.53. The number of nitrogens with zero attached hydrogens (tertiary/aromatic N) is 1. The number of aromatic nitrogens is 1. The van der Waals surface area contributed by atoms with Crippen LogP contribution >= 0.6 is 11.6 Å². The van der Waals surface area contributed by atoms with Crippen molar-refractivity contribution in [3.8, 4) is 5.75 Å². The van der Waals surface area contributed by atoms with Crippen molar-refractivity contribution in [3.05, 3.63) is 76.7 Å². The number of nitrogens with two attached hydrogens (primary N) is 1. The molecule has 0 radical (unpaired) electrons. The summed E-state index contributed by atoms with van der Waals surface area (Å²) in [5.74, 6) is -0.926. The van der Waals surface area contributed by atoms with Crippen molar-refractivity contribution in [2.75, 3.05) is 24.7 Å². The van der Waals surface area contributed by atoms with Gasteiger partial charge >= 0.3 is 214 Å². The normalized spacial score (nSPS) is 11.5. The van der Waals surface area contributed by atoms with Gasteiger partial charge in [0.05, 0.1) is 0 Å². The van der Waals surface area contributed by atoms with Gasteiger partial charge in [0.2, 0.25) is 0 Å². The molecule has 1 unspecified atom stereocenters. The summed E-state index contributed by atoms with van der Waals surface area (Å²) in [6, 6.07) is 10.7. The summed E-state index contributed by atoms with van der Waals surface area (Å²) in [5.41, 5.74) is 5.69. The summed E-state index contributed by atoms with van der Waals surface area (Å²) >= 11 is 4.14. The van der Waals surface area contributed by atoms with Gasteiger partial charge in [0, 0.05) is 0 Å². The molecule has 2 aromatic carbocycles. The molecule has 0 saturated heterocycles. The number of benzene rings is 2. The van der Waals surface area contributed by atoms with Gasteiger partial charge in [0.15, 0.2) is 0 Å². The number of hydrogen-bond donors (Lipinski definition) is 2. The Balaban J connectivity index is 1.90. The molecule has 0 fully saturated rings. The van der Waals surface area contributed by atoms with E-state index in [0.29, 0.717) is 22.3 Å². The Hall–Kier alpha value is -2.78. The van der Waals surface area contributed by atoms with E-state index in [0.717, 1.165) is 12.3 Å². The molecule has 12 heteroatoms. The van der Waals surface area contributed by atoms with Crippen LogP contribution in [0.25, 0.3) is 0 Å². The van der Waals surface area contributed by atoms with Gasteiger partial charge in [-0.3, -0.25) is 0 Å². The number of ether oxygens (including phenoxy) is 1. The first-order valence-corrected chi connectivity index (χ1v) is 14.7. The fraction of sp³-hybridized carbons (Fsp3) is 0.174. The first-order valence-electron chi connectivity index (χ1n) is 10.3. The molecule has 1 heterocycles. The van der Waals surface area contributed by atoms with E-state index in [1.54, 1.807) is 6.07 Å². The molecular weight excluding hydrogens is 560 g/mol. The van der Waals surface area contributed by atoms with E-state index in [1.807, 2.05) is 0 Å². The van der Waals surface area contributed by atoms with Crippen LogP contribution in [0.3, 0.4) is 0 Å². The van der Waals surface area contributed by atoms with Crippen molar-refractivity contribution in [1.29, 1.82) is 0 Å². The number of carbonyl (C=O) groups is 2. The van der Waals surface area contributed by atoms with E-state index < -0.39 is 37.3 Å². The Kier molecular flexibility index (Phi) is 9.02. The number of hydrogen-bond acceptors (Lipinski definition) is 7. The number of pyridine rings is 1. The molecule has 3 rings (SSSR count). The number of sulfone groups is 1. The molecule has 184 valence electrons. The molecule has 0 aliphatic heterocycles. The monoisotopic (exact) mass is 581 g/mol. The molecule has 8 nitrogen and oxygen atoms in total. The molecule has 1 atom stereocenters. The van der Waals surface area contributed by atoms with Crippen LogP contribution in [0, 0.1) is 5.82 Å². The minimum absolute atomic E-state index is 0.00783. The third kappa shape index (κ3) is 7.35. The predicted octanol–water partition coefficient (Wildman–Crippen LogP) is 2.16. The van der Waals surface area contributed by atoms with E-state index >= 15 is 0 Å². The van der Waals surface area contributed by atoms with Crippen LogP contribution in [0.2, 0.25) is 5.02 Å². The van der Waals surface area contributed by atoms with Gasteiger partial charge in [-0.25, -0.2) is 0 Å². The summed E-state index contributed by atoms with van der Waals surface area (Å²) in [4.78, 5) is 30.1. The van der Waals surface area contributed by atoms with Crippen molar-refractivity contribution >= 4 is 57.8 Å². The van der Waals surface area contributed by atoms with Crippen molar-refractivity contribution in [3.63, 3.8) is 0 Å². The Morgan fingerprint density at radius 3 is 2.57 bits per heavy atom. The molecule has 35 heavy (non-hydrogen) atoms. The van der Waals surface area contributed by atoms with E-state index in [2.05, 4.69) is 10.3 Å². The molecule has 0 aliphatic rings. The Labute approximate surface area is 213 Å². The van der Waals surface area contributed by atoms with Crippen molar-refractivity contribution in [2.45, 2.75) is 11.3 Å². The van der Waals surface area contributed by atoms with Gasteiger partial charge in [-0.2, -0.15) is 0 Å². The van der Waals surface area contributed by atoms with Gasteiger partial charge in [-0.05, 0) is 0 Å². The van der Waals surface area contributed by atoms with Crippen LogP contribution in [0.15, 0.2) is 59.6 Å². The van der Waals surface area contributed by atoms with Gasteiger partial charge in [-0.15, -0.1) is 0 Å². The van der Waals surface area contributed by atoms with Crippen molar-refractivity contribution < 1.29 is 27.1 Å². The number of anilines is 1. The van der Waals surface area contributed by atoms with Gasteiger partial charge in [0.25, 0.3) is 0 Å². The average molecular weight is 582 g/mol. The second-order valence-corrected chi connectivity index (χ2v) is 12.4. The van der Waals surface area contributed by atoms with Gasteiger partial charge in [0.1, 0.15) is 0 Å².